The normalized spacial score (nSPS) is 17.8. The van der Waals surface area contributed by atoms with Crippen molar-refractivity contribution in [2.45, 2.75) is 65.1 Å². The minimum absolute atomic E-state index is 0.190. The van der Waals surface area contributed by atoms with Crippen molar-refractivity contribution in [3.05, 3.63) is 35.9 Å². The molecule has 1 saturated heterocycles. The van der Waals surface area contributed by atoms with Gasteiger partial charge in [0.25, 0.3) is 0 Å². The van der Waals surface area contributed by atoms with Crippen LogP contribution in [0.3, 0.4) is 0 Å². The van der Waals surface area contributed by atoms with Crippen LogP contribution in [0.15, 0.2) is 30.3 Å². The fraction of sp³-hybridized carbons (Fsp3) is 0.650. The molecule has 2 rings (SSSR count). The zero-order chi connectivity index (χ0) is 17.7. The second-order valence-corrected chi connectivity index (χ2v) is 8.04. The molecule has 1 aromatic carbocycles. The molecule has 1 atom stereocenters. The maximum absolute atomic E-state index is 12.2. The third-order valence-corrected chi connectivity index (χ3v) is 4.39. The Morgan fingerprint density at radius 1 is 1.17 bits per heavy atom. The van der Waals surface area contributed by atoms with Gasteiger partial charge in [-0.2, -0.15) is 0 Å². The van der Waals surface area contributed by atoms with E-state index in [2.05, 4.69) is 49.5 Å². The summed E-state index contributed by atoms with van der Waals surface area (Å²) in [7, 11) is 0. The maximum atomic E-state index is 12.2. The van der Waals surface area contributed by atoms with E-state index in [0.717, 1.165) is 25.9 Å². The molecule has 0 bridgehead atoms. The predicted molar refractivity (Wildman–Crippen MR) is 98.0 cm³/mol. The minimum atomic E-state index is -0.428. The molecule has 1 fully saturated rings. The Hall–Kier alpha value is -1.55. The Morgan fingerprint density at radius 3 is 2.25 bits per heavy atom. The second-order valence-electron chi connectivity index (χ2n) is 8.04. The molecule has 24 heavy (non-hydrogen) atoms. The van der Waals surface area contributed by atoms with Gasteiger partial charge in [-0.25, -0.2) is 4.79 Å². The summed E-state index contributed by atoms with van der Waals surface area (Å²) in [6, 6.07) is 11.4. The predicted octanol–water partition coefficient (Wildman–Crippen LogP) is 4.37. The number of carbonyl (C=O) groups excluding carboxylic acids is 1. The largest absolute Gasteiger partial charge is 0.444 e. The second kappa shape index (κ2) is 8.02. The molecule has 134 valence electrons. The summed E-state index contributed by atoms with van der Waals surface area (Å²) in [6.45, 7) is 11.7. The molecule has 1 heterocycles. The lowest BCUT2D eigenvalue weighted by Gasteiger charge is -2.36. The van der Waals surface area contributed by atoms with Gasteiger partial charge in [0, 0.05) is 25.2 Å². The molecular formula is C20H32N2O2. The van der Waals surface area contributed by atoms with Gasteiger partial charge in [-0.1, -0.05) is 44.2 Å². The number of ether oxygens (including phenoxy) is 1. The van der Waals surface area contributed by atoms with Crippen LogP contribution < -0.4 is 5.32 Å². The molecule has 1 aromatic rings. The summed E-state index contributed by atoms with van der Waals surface area (Å²) in [4.78, 5) is 14.0. The Bertz CT molecular complexity index is 514. The molecule has 1 aliphatic heterocycles. The van der Waals surface area contributed by atoms with Crippen LogP contribution in [-0.2, 0) is 4.74 Å². The lowest BCUT2D eigenvalue weighted by atomic mass is 9.93. The number of rotatable bonds is 4. The third kappa shape index (κ3) is 5.52. The average molecular weight is 332 g/mol. The number of nitrogens with zero attached hydrogens (tertiary/aromatic N) is 1. The van der Waals surface area contributed by atoms with E-state index in [-0.39, 0.29) is 6.09 Å². The van der Waals surface area contributed by atoms with E-state index in [1.165, 1.54) is 5.56 Å². The lowest BCUT2D eigenvalue weighted by molar-refractivity contribution is 0.0194. The number of hydrogen-bond acceptors (Lipinski definition) is 3. The van der Waals surface area contributed by atoms with Crippen molar-refractivity contribution < 1.29 is 9.53 Å². The summed E-state index contributed by atoms with van der Waals surface area (Å²) in [5.74, 6) is 0.524. The first-order valence-corrected chi connectivity index (χ1v) is 9.05. The monoisotopic (exact) mass is 332 g/mol. The van der Waals surface area contributed by atoms with Crippen LogP contribution in [-0.4, -0.2) is 35.7 Å². The van der Waals surface area contributed by atoms with Crippen LogP contribution in [0.4, 0.5) is 4.79 Å². The highest BCUT2D eigenvalue weighted by Crippen LogP contribution is 2.24. The topological polar surface area (TPSA) is 41.6 Å². The van der Waals surface area contributed by atoms with E-state index in [1.807, 2.05) is 25.7 Å². The van der Waals surface area contributed by atoms with Crippen molar-refractivity contribution in [1.29, 1.82) is 0 Å². The molecule has 1 aliphatic rings. The van der Waals surface area contributed by atoms with Crippen LogP contribution in [0.2, 0.25) is 0 Å². The van der Waals surface area contributed by atoms with Gasteiger partial charge in [0.1, 0.15) is 5.60 Å². The molecule has 0 saturated carbocycles. The smallest absolute Gasteiger partial charge is 0.410 e. The van der Waals surface area contributed by atoms with Crippen LogP contribution >= 0.6 is 0 Å². The highest BCUT2D eigenvalue weighted by molar-refractivity contribution is 5.68. The molecule has 1 N–H and O–H groups in total. The summed E-state index contributed by atoms with van der Waals surface area (Å²) >= 11 is 0. The SMILES string of the molecule is CC(C)[C@H](NC1CCN(C(=O)OC(C)(C)C)CC1)c1ccccc1. The number of benzene rings is 1. The van der Waals surface area contributed by atoms with Crippen LogP contribution in [0.25, 0.3) is 0 Å². The van der Waals surface area contributed by atoms with Gasteiger partial charge < -0.3 is 15.0 Å². The molecular weight excluding hydrogens is 300 g/mol. The standard InChI is InChI=1S/C20H32N2O2/c1-15(2)18(16-9-7-6-8-10-16)21-17-11-13-22(14-12-17)19(23)24-20(3,4)5/h6-10,15,17-18,21H,11-14H2,1-5H3/t18-/m0/s1. The van der Waals surface area contributed by atoms with Gasteiger partial charge >= 0.3 is 6.09 Å². The number of piperidine rings is 1. The van der Waals surface area contributed by atoms with Crippen molar-refractivity contribution in [2.75, 3.05) is 13.1 Å². The Labute approximate surface area is 146 Å². The highest BCUT2D eigenvalue weighted by Gasteiger charge is 2.28. The van der Waals surface area contributed by atoms with E-state index in [4.69, 9.17) is 4.74 Å². The fourth-order valence-electron chi connectivity index (χ4n) is 3.14. The summed E-state index contributed by atoms with van der Waals surface area (Å²) in [5, 5.41) is 3.80. The van der Waals surface area contributed by atoms with Gasteiger partial charge in [0.15, 0.2) is 0 Å². The van der Waals surface area contributed by atoms with Crippen LogP contribution in [0, 0.1) is 5.92 Å². The highest BCUT2D eigenvalue weighted by atomic mass is 16.6. The molecule has 0 unspecified atom stereocenters. The van der Waals surface area contributed by atoms with Crippen molar-refractivity contribution in [3.8, 4) is 0 Å². The number of likely N-dealkylation sites (tertiary alicyclic amines) is 1. The number of carbonyl (C=O) groups is 1. The first-order valence-electron chi connectivity index (χ1n) is 9.05. The van der Waals surface area contributed by atoms with Gasteiger partial charge in [0.2, 0.25) is 0 Å². The van der Waals surface area contributed by atoms with Crippen LogP contribution in [0.1, 0.15) is 59.1 Å². The average Bonchev–Trinajstić information content (AvgIpc) is 2.52. The van der Waals surface area contributed by atoms with Crippen molar-refractivity contribution in [1.82, 2.24) is 10.2 Å². The van der Waals surface area contributed by atoms with Crippen molar-refractivity contribution in [2.24, 2.45) is 5.92 Å². The molecule has 0 spiro atoms. The number of hydrogen-bond donors (Lipinski definition) is 1. The Balaban J connectivity index is 1.88. The Morgan fingerprint density at radius 2 is 1.75 bits per heavy atom. The minimum Gasteiger partial charge on any atom is -0.444 e. The number of amides is 1. The summed E-state index contributed by atoms with van der Waals surface area (Å²) in [5.41, 5.74) is 0.907. The van der Waals surface area contributed by atoms with E-state index in [0.29, 0.717) is 18.0 Å². The molecule has 1 amide bonds. The van der Waals surface area contributed by atoms with Gasteiger partial charge in [-0.05, 0) is 45.1 Å². The third-order valence-electron chi connectivity index (χ3n) is 4.39. The van der Waals surface area contributed by atoms with E-state index >= 15 is 0 Å². The first-order chi connectivity index (χ1) is 11.3. The molecule has 0 aliphatic carbocycles. The van der Waals surface area contributed by atoms with E-state index in [9.17, 15) is 4.79 Å². The van der Waals surface area contributed by atoms with Gasteiger partial charge in [-0.15, -0.1) is 0 Å². The summed E-state index contributed by atoms with van der Waals surface area (Å²) in [6.07, 6.45) is 1.74. The van der Waals surface area contributed by atoms with Crippen molar-refractivity contribution >= 4 is 6.09 Å². The fourth-order valence-corrected chi connectivity index (χ4v) is 3.14. The lowest BCUT2D eigenvalue weighted by Crippen LogP contribution is -2.47. The maximum Gasteiger partial charge on any atom is 0.410 e. The molecule has 0 aromatic heterocycles. The van der Waals surface area contributed by atoms with Crippen molar-refractivity contribution in [3.63, 3.8) is 0 Å². The van der Waals surface area contributed by atoms with Crippen LogP contribution in [0.5, 0.6) is 0 Å². The zero-order valence-corrected chi connectivity index (χ0v) is 15.7. The Kier molecular flexibility index (Phi) is 6.27. The quantitative estimate of drug-likeness (QED) is 0.890. The van der Waals surface area contributed by atoms with Gasteiger partial charge in [-0.3, -0.25) is 0 Å². The van der Waals surface area contributed by atoms with E-state index < -0.39 is 5.60 Å². The van der Waals surface area contributed by atoms with E-state index in [1.54, 1.807) is 0 Å². The van der Waals surface area contributed by atoms with Gasteiger partial charge in [0.05, 0.1) is 0 Å². The number of nitrogens with one attached hydrogen (secondary N) is 1. The molecule has 4 heteroatoms. The summed E-state index contributed by atoms with van der Waals surface area (Å²) < 4.78 is 5.47. The first kappa shape index (κ1) is 18.8. The zero-order valence-electron chi connectivity index (χ0n) is 15.7. The molecule has 4 nitrogen and oxygen atoms in total. The molecule has 0 radical (unpaired) electrons.